The van der Waals surface area contributed by atoms with E-state index >= 15 is 0 Å². The number of hydrogen-bond donors (Lipinski definition) is 1. The number of nitrogens with zero attached hydrogens (tertiary/aromatic N) is 1. The molecule has 0 fully saturated rings. The molecule has 1 amide bonds. The van der Waals surface area contributed by atoms with Crippen LogP contribution in [0.25, 0.3) is 0 Å². The molecule has 0 unspecified atom stereocenters. The Hall–Kier alpha value is -2.61. The molecule has 1 N–H and O–H groups in total. The van der Waals surface area contributed by atoms with Gasteiger partial charge < -0.3 is 9.64 Å². The highest BCUT2D eigenvalue weighted by atomic mass is 32.2. The first-order valence-electron chi connectivity index (χ1n) is 7.93. The van der Waals surface area contributed by atoms with Gasteiger partial charge in [-0.3, -0.25) is 9.52 Å². The van der Waals surface area contributed by atoms with E-state index in [0.29, 0.717) is 11.4 Å². The minimum Gasteiger partial charge on any atom is -0.490 e. The van der Waals surface area contributed by atoms with Gasteiger partial charge in [0, 0.05) is 13.1 Å². The number of halogens is 1. The summed E-state index contributed by atoms with van der Waals surface area (Å²) >= 11 is 0. The van der Waals surface area contributed by atoms with Crippen molar-refractivity contribution < 1.29 is 22.3 Å². The van der Waals surface area contributed by atoms with Crippen molar-refractivity contribution in [2.24, 2.45) is 5.41 Å². The van der Waals surface area contributed by atoms with E-state index in [0.717, 1.165) is 6.07 Å². The van der Waals surface area contributed by atoms with Crippen LogP contribution in [0.15, 0.2) is 47.4 Å². The van der Waals surface area contributed by atoms with Crippen LogP contribution in [0.4, 0.5) is 15.8 Å². The molecule has 6 nitrogen and oxygen atoms in total. The van der Waals surface area contributed by atoms with E-state index in [2.05, 4.69) is 4.72 Å². The summed E-state index contributed by atoms with van der Waals surface area (Å²) in [6, 6.07) is 9.39. The minimum atomic E-state index is -3.94. The first-order chi connectivity index (χ1) is 12.1. The van der Waals surface area contributed by atoms with E-state index in [9.17, 15) is 17.6 Å². The summed E-state index contributed by atoms with van der Waals surface area (Å²) in [6.45, 7) is 3.74. The van der Waals surface area contributed by atoms with Gasteiger partial charge in [-0.05, 0) is 44.2 Å². The van der Waals surface area contributed by atoms with E-state index in [1.54, 1.807) is 27.0 Å². The number of fused-ring (bicyclic) bond motifs is 1. The largest absolute Gasteiger partial charge is 0.490 e. The Balaban J connectivity index is 1.93. The molecule has 3 rings (SSSR count). The Kier molecular flexibility index (Phi) is 4.39. The number of benzene rings is 2. The summed E-state index contributed by atoms with van der Waals surface area (Å²) in [5, 5.41) is 0. The lowest BCUT2D eigenvalue weighted by Gasteiger charge is -2.24. The van der Waals surface area contributed by atoms with Gasteiger partial charge in [0.2, 0.25) is 5.91 Å². The number of carbonyl (C=O) groups excluding carboxylic acids is 1. The maximum Gasteiger partial charge on any atom is 0.261 e. The molecule has 2 aromatic carbocycles. The fourth-order valence-corrected chi connectivity index (χ4v) is 3.78. The number of carbonyl (C=O) groups is 1. The molecule has 0 saturated heterocycles. The highest BCUT2D eigenvalue weighted by Crippen LogP contribution is 2.37. The fourth-order valence-electron chi connectivity index (χ4n) is 2.70. The molecule has 0 aromatic heterocycles. The number of ether oxygens (including phenoxy) is 1. The number of rotatable bonds is 3. The van der Waals surface area contributed by atoms with Crippen LogP contribution < -0.4 is 14.4 Å². The summed E-state index contributed by atoms with van der Waals surface area (Å²) in [5.41, 5.74) is 0.109. The van der Waals surface area contributed by atoms with Crippen LogP contribution in [-0.4, -0.2) is 28.0 Å². The Morgan fingerprint density at radius 3 is 2.62 bits per heavy atom. The third-order valence-corrected chi connectivity index (χ3v) is 5.53. The first-order valence-corrected chi connectivity index (χ1v) is 9.42. The number of amides is 1. The number of hydrogen-bond acceptors (Lipinski definition) is 4. The van der Waals surface area contributed by atoms with Crippen LogP contribution in [-0.2, 0) is 14.8 Å². The summed E-state index contributed by atoms with van der Waals surface area (Å²) in [7, 11) is -2.30. The van der Waals surface area contributed by atoms with Gasteiger partial charge in [-0.25, -0.2) is 12.8 Å². The molecule has 0 saturated carbocycles. The predicted octanol–water partition coefficient (Wildman–Crippen LogP) is 3.01. The molecular weight excluding hydrogens is 359 g/mol. The molecule has 1 aliphatic rings. The fraction of sp³-hybridized carbons (Fsp3) is 0.278. The first kappa shape index (κ1) is 18.2. The molecule has 0 radical (unpaired) electrons. The molecule has 0 bridgehead atoms. The molecule has 26 heavy (non-hydrogen) atoms. The van der Waals surface area contributed by atoms with Gasteiger partial charge in [0.15, 0.2) is 0 Å². The van der Waals surface area contributed by atoms with Crippen LogP contribution in [0.5, 0.6) is 5.75 Å². The highest BCUT2D eigenvalue weighted by Gasteiger charge is 2.36. The van der Waals surface area contributed by atoms with Crippen molar-refractivity contribution >= 4 is 27.3 Å². The highest BCUT2D eigenvalue weighted by molar-refractivity contribution is 7.92. The van der Waals surface area contributed by atoms with Crippen LogP contribution in [0.3, 0.4) is 0 Å². The zero-order chi connectivity index (χ0) is 19.1. The van der Waals surface area contributed by atoms with Gasteiger partial charge in [-0.15, -0.1) is 0 Å². The molecular formula is C18H19FN2O4S. The average Bonchev–Trinajstić information content (AvgIpc) is 2.65. The zero-order valence-corrected chi connectivity index (χ0v) is 15.4. The molecule has 8 heteroatoms. The maximum atomic E-state index is 13.3. The second kappa shape index (κ2) is 6.28. The van der Waals surface area contributed by atoms with Crippen molar-refractivity contribution in [1.29, 1.82) is 0 Å². The summed E-state index contributed by atoms with van der Waals surface area (Å²) in [5.74, 6) is -0.337. The molecule has 138 valence electrons. The number of sulfonamides is 1. The smallest absolute Gasteiger partial charge is 0.261 e. The summed E-state index contributed by atoms with van der Waals surface area (Å²) in [4.78, 5) is 13.8. The Morgan fingerprint density at radius 2 is 1.92 bits per heavy atom. The molecule has 0 aliphatic carbocycles. The Morgan fingerprint density at radius 1 is 1.19 bits per heavy atom. The molecule has 0 spiro atoms. The van der Waals surface area contributed by atoms with Gasteiger partial charge >= 0.3 is 0 Å². The maximum absolute atomic E-state index is 13.3. The Bertz CT molecular complexity index is 973. The van der Waals surface area contributed by atoms with E-state index in [-0.39, 0.29) is 23.1 Å². The monoisotopic (exact) mass is 378 g/mol. The topological polar surface area (TPSA) is 75.7 Å². The van der Waals surface area contributed by atoms with Crippen molar-refractivity contribution in [3.8, 4) is 5.75 Å². The van der Waals surface area contributed by atoms with Gasteiger partial charge in [0.1, 0.15) is 18.2 Å². The molecule has 1 heterocycles. The van der Waals surface area contributed by atoms with Gasteiger partial charge in [-0.2, -0.15) is 0 Å². The van der Waals surface area contributed by atoms with Crippen molar-refractivity contribution in [2.45, 2.75) is 18.7 Å². The van der Waals surface area contributed by atoms with Crippen molar-refractivity contribution in [3.63, 3.8) is 0 Å². The summed E-state index contributed by atoms with van der Waals surface area (Å²) in [6.07, 6.45) is 0. The standard InChI is InChI=1S/C18H19FN2O4S/c1-18(2)11-25-16-10-13(7-8-15(16)21(3)17(18)22)20-26(23,24)14-6-4-5-12(19)9-14/h4-10,20H,11H2,1-3H3. The van der Waals surface area contributed by atoms with Crippen molar-refractivity contribution in [1.82, 2.24) is 0 Å². The van der Waals surface area contributed by atoms with Crippen molar-refractivity contribution in [2.75, 3.05) is 23.3 Å². The van der Waals surface area contributed by atoms with Crippen molar-refractivity contribution in [3.05, 3.63) is 48.3 Å². The van der Waals surface area contributed by atoms with E-state index in [4.69, 9.17) is 4.74 Å². The third-order valence-electron chi connectivity index (χ3n) is 4.15. The van der Waals surface area contributed by atoms with Gasteiger partial charge in [0.25, 0.3) is 10.0 Å². The lowest BCUT2D eigenvalue weighted by atomic mass is 9.93. The molecule has 1 aliphatic heterocycles. The normalized spacial score (nSPS) is 16.5. The van der Waals surface area contributed by atoms with Gasteiger partial charge in [0.05, 0.1) is 21.7 Å². The SMILES string of the molecule is CN1C(=O)C(C)(C)COc2cc(NS(=O)(=O)c3cccc(F)c3)ccc21. The van der Waals surface area contributed by atoms with E-state index in [1.807, 2.05) is 0 Å². The van der Waals surface area contributed by atoms with E-state index < -0.39 is 21.3 Å². The van der Waals surface area contributed by atoms with Crippen LogP contribution >= 0.6 is 0 Å². The molecule has 0 atom stereocenters. The van der Waals surface area contributed by atoms with Crippen LogP contribution in [0, 0.1) is 11.2 Å². The average molecular weight is 378 g/mol. The number of anilines is 2. The predicted molar refractivity (Wildman–Crippen MR) is 96.3 cm³/mol. The van der Waals surface area contributed by atoms with Crippen LogP contribution in [0.2, 0.25) is 0 Å². The lowest BCUT2D eigenvalue weighted by molar-refractivity contribution is -0.127. The zero-order valence-electron chi connectivity index (χ0n) is 14.6. The minimum absolute atomic E-state index is 0.0932. The van der Waals surface area contributed by atoms with Crippen LogP contribution in [0.1, 0.15) is 13.8 Å². The Labute approximate surface area is 151 Å². The second-order valence-corrected chi connectivity index (χ2v) is 8.46. The van der Waals surface area contributed by atoms with Gasteiger partial charge in [-0.1, -0.05) is 6.07 Å². The number of nitrogens with one attached hydrogen (secondary N) is 1. The third kappa shape index (κ3) is 3.37. The molecule has 2 aromatic rings. The second-order valence-electron chi connectivity index (χ2n) is 6.78. The quantitative estimate of drug-likeness (QED) is 0.891. The lowest BCUT2D eigenvalue weighted by Crippen LogP contribution is -2.39. The van der Waals surface area contributed by atoms with E-state index in [1.165, 1.54) is 35.2 Å². The summed E-state index contributed by atoms with van der Waals surface area (Å²) < 4.78 is 46.3.